The molecule has 1 aliphatic heterocycles. The normalized spacial score (nSPS) is 43.2. The van der Waals surface area contributed by atoms with Gasteiger partial charge in [-0.2, -0.15) is 8.42 Å². The first-order valence-electron chi connectivity index (χ1n) is 15.4. The van der Waals surface area contributed by atoms with Gasteiger partial charge in [0.2, 0.25) is 0 Å². The quantitative estimate of drug-likeness (QED) is 0.278. The van der Waals surface area contributed by atoms with Crippen molar-refractivity contribution in [2.75, 3.05) is 13.2 Å². The molecule has 6 heteroatoms. The molecule has 4 unspecified atom stereocenters. The van der Waals surface area contributed by atoms with Gasteiger partial charge in [0.1, 0.15) is 0 Å². The number of benzene rings is 1. The highest BCUT2D eigenvalue weighted by Gasteiger charge is 2.60. The zero-order valence-electron chi connectivity index (χ0n) is 23.7. The molecule has 9 atom stereocenters. The Balaban J connectivity index is 1.09. The molecule has 6 rings (SSSR count). The van der Waals surface area contributed by atoms with Crippen LogP contribution in [0.25, 0.3) is 0 Å². The van der Waals surface area contributed by atoms with Crippen LogP contribution in [0.2, 0.25) is 0 Å². The molecule has 0 bridgehead atoms. The van der Waals surface area contributed by atoms with E-state index in [4.69, 9.17) is 13.7 Å². The molecule has 5 fully saturated rings. The lowest BCUT2D eigenvalue weighted by Crippen LogP contribution is -2.54. The molecular weight excluding hydrogens is 496 g/mol. The molecule has 0 amide bonds. The number of fused-ring (bicyclic) bond motifs is 5. The third-order valence-electron chi connectivity index (χ3n) is 12.0. The van der Waals surface area contributed by atoms with Crippen molar-refractivity contribution in [1.29, 1.82) is 0 Å². The summed E-state index contributed by atoms with van der Waals surface area (Å²) in [7, 11) is -3.71. The van der Waals surface area contributed by atoms with Gasteiger partial charge < -0.3 is 9.47 Å². The second kappa shape index (κ2) is 10.5. The Kier molecular flexibility index (Phi) is 7.50. The molecule has 0 radical (unpaired) electrons. The van der Waals surface area contributed by atoms with E-state index in [2.05, 4.69) is 13.8 Å². The third kappa shape index (κ3) is 4.90. The second-order valence-corrected chi connectivity index (χ2v) is 15.5. The molecule has 1 saturated heterocycles. The van der Waals surface area contributed by atoms with Crippen LogP contribution in [0.15, 0.2) is 29.2 Å². The van der Waals surface area contributed by atoms with Crippen molar-refractivity contribution in [3.8, 4) is 0 Å². The van der Waals surface area contributed by atoms with E-state index in [1.54, 1.807) is 12.1 Å². The average Bonchev–Trinajstić information content (AvgIpc) is 3.25. The van der Waals surface area contributed by atoms with Gasteiger partial charge in [-0.3, -0.25) is 4.18 Å². The minimum atomic E-state index is -3.71. The third-order valence-corrected chi connectivity index (χ3v) is 13.3. The van der Waals surface area contributed by atoms with E-state index in [1.807, 2.05) is 19.1 Å². The number of hydrogen-bond donors (Lipinski definition) is 0. The van der Waals surface area contributed by atoms with Crippen molar-refractivity contribution in [3.63, 3.8) is 0 Å². The second-order valence-electron chi connectivity index (χ2n) is 13.9. The van der Waals surface area contributed by atoms with Gasteiger partial charge in [-0.05, 0) is 137 Å². The molecule has 0 spiro atoms. The van der Waals surface area contributed by atoms with Crippen LogP contribution >= 0.6 is 0 Å². The van der Waals surface area contributed by atoms with Gasteiger partial charge in [0.15, 0.2) is 6.29 Å². The first kappa shape index (κ1) is 27.2. The van der Waals surface area contributed by atoms with Crippen LogP contribution in [0.5, 0.6) is 0 Å². The molecule has 4 saturated carbocycles. The fourth-order valence-corrected chi connectivity index (χ4v) is 10.7. The predicted octanol–water partition coefficient (Wildman–Crippen LogP) is 7.27. The zero-order valence-corrected chi connectivity index (χ0v) is 24.5. The lowest BCUT2D eigenvalue weighted by molar-refractivity contribution is -0.212. The molecule has 5 aliphatic rings. The zero-order chi connectivity index (χ0) is 26.5. The van der Waals surface area contributed by atoms with E-state index in [0.29, 0.717) is 30.0 Å². The van der Waals surface area contributed by atoms with Gasteiger partial charge >= 0.3 is 0 Å². The van der Waals surface area contributed by atoms with Gasteiger partial charge in [-0.25, -0.2) is 0 Å². The van der Waals surface area contributed by atoms with Crippen molar-refractivity contribution >= 4 is 10.1 Å². The van der Waals surface area contributed by atoms with E-state index in [-0.39, 0.29) is 16.6 Å². The summed E-state index contributed by atoms with van der Waals surface area (Å²) < 4.78 is 43.9. The smallest absolute Gasteiger partial charge is 0.296 e. The Morgan fingerprint density at radius 3 is 2.42 bits per heavy atom. The summed E-state index contributed by atoms with van der Waals surface area (Å²) in [5, 5.41) is 0. The van der Waals surface area contributed by atoms with E-state index < -0.39 is 10.1 Å². The Hall–Kier alpha value is -0.950. The molecule has 1 aromatic carbocycles. The monoisotopic (exact) mass is 544 g/mol. The molecule has 5 nitrogen and oxygen atoms in total. The van der Waals surface area contributed by atoms with Crippen molar-refractivity contribution in [2.45, 2.75) is 115 Å². The van der Waals surface area contributed by atoms with Crippen LogP contribution in [-0.2, 0) is 23.8 Å². The summed E-state index contributed by atoms with van der Waals surface area (Å²) in [4.78, 5) is 0.271. The van der Waals surface area contributed by atoms with Crippen molar-refractivity contribution in [3.05, 3.63) is 29.8 Å². The lowest BCUT2D eigenvalue weighted by atomic mass is 9.44. The van der Waals surface area contributed by atoms with Crippen LogP contribution in [0, 0.1) is 47.3 Å². The van der Waals surface area contributed by atoms with E-state index in [0.717, 1.165) is 42.8 Å². The Labute approximate surface area is 230 Å². The molecule has 1 aromatic rings. The van der Waals surface area contributed by atoms with Gasteiger partial charge in [-0.1, -0.05) is 31.5 Å². The summed E-state index contributed by atoms with van der Waals surface area (Å²) >= 11 is 0. The molecular formula is C32H48O5S. The number of aryl methyl sites for hydroxylation is 1. The fraction of sp³-hybridized carbons (Fsp3) is 0.812. The van der Waals surface area contributed by atoms with Gasteiger partial charge in [0.25, 0.3) is 10.1 Å². The van der Waals surface area contributed by atoms with Crippen molar-refractivity contribution in [1.82, 2.24) is 0 Å². The van der Waals surface area contributed by atoms with Gasteiger partial charge in [0, 0.05) is 6.61 Å². The topological polar surface area (TPSA) is 61.8 Å². The van der Waals surface area contributed by atoms with Gasteiger partial charge in [0.05, 0.1) is 17.6 Å². The first-order chi connectivity index (χ1) is 18.2. The van der Waals surface area contributed by atoms with Crippen LogP contribution in [0.1, 0.15) is 96.5 Å². The summed E-state index contributed by atoms with van der Waals surface area (Å²) in [6.07, 6.45) is 14.9. The fourth-order valence-electron chi connectivity index (χ4n) is 9.70. The minimum absolute atomic E-state index is 0.0253. The van der Waals surface area contributed by atoms with E-state index >= 15 is 0 Å². The number of ether oxygens (including phenoxy) is 2. The summed E-state index contributed by atoms with van der Waals surface area (Å²) in [5.74, 6) is 3.34. The predicted molar refractivity (Wildman–Crippen MR) is 148 cm³/mol. The lowest BCUT2D eigenvalue weighted by Gasteiger charge is -2.61. The summed E-state index contributed by atoms with van der Waals surface area (Å²) in [6, 6.07) is 7.00. The SMILES string of the molecule is Cc1ccc(S(=O)(=O)OC[C@H]2CC[C@H]3C4CC[C@H]5CC(OC6CCCCO6)CC[C@]5(C)C4CC[C@]23C)cc1. The highest BCUT2D eigenvalue weighted by atomic mass is 32.2. The molecule has 0 aromatic heterocycles. The number of hydrogen-bond acceptors (Lipinski definition) is 5. The highest BCUT2D eigenvalue weighted by molar-refractivity contribution is 7.86. The van der Waals surface area contributed by atoms with Crippen molar-refractivity contribution in [2.24, 2.45) is 40.4 Å². The largest absolute Gasteiger partial charge is 0.353 e. The summed E-state index contributed by atoms with van der Waals surface area (Å²) in [6.45, 7) is 8.20. The summed E-state index contributed by atoms with van der Waals surface area (Å²) in [5.41, 5.74) is 1.65. The van der Waals surface area contributed by atoms with Gasteiger partial charge in [-0.15, -0.1) is 0 Å². The maximum absolute atomic E-state index is 12.9. The van der Waals surface area contributed by atoms with E-state index in [9.17, 15) is 8.42 Å². The van der Waals surface area contributed by atoms with Crippen LogP contribution in [0.4, 0.5) is 0 Å². The maximum atomic E-state index is 12.9. The molecule has 38 heavy (non-hydrogen) atoms. The maximum Gasteiger partial charge on any atom is 0.296 e. The van der Waals surface area contributed by atoms with E-state index in [1.165, 1.54) is 64.2 Å². The Morgan fingerprint density at radius 1 is 0.895 bits per heavy atom. The standard InChI is InChI=1S/C32H48O5S/c1-22-7-11-26(12-8-22)38(33,34)36-21-24-10-14-28-27-13-9-23-20-25(37-30-6-4-5-19-35-30)15-17-31(23,2)29(27)16-18-32(24,28)3/h7-8,11-12,23-25,27-30H,4-6,9-10,13-21H2,1-3H3/t23-,24+,25?,27?,28-,29?,30?,31-,32+/m0/s1. The molecule has 0 N–H and O–H groups in total. The number of rotatable bonds is 6. The Bertz CT molecular complexity index is 1080. The van der Waals surface area contributed by atoms with Crippen LogP contribution in [0.3, 0.4) is 0 Å². The molecule has 4 aliphatic carbocycles. The van der Waals surface area contributed by atoms with Crippen molar-refractivity contribution < 1.29 is 22.1 Å². The Morgan fingerprint density at radius 2 is 1.66 bits per heavy atom. The molecule has 212 valence electrons. The highest BCUT2D eigenvalue weighted by Crippen LogP contribution is 2.67. The van der Waals surface area contributed by atoms with Crippen LogP contribution in [-0.4, -0.2) is 34.0 Å². The first-order valence-corrected chi connectivity index (χ1v) is 16.8. The van der Waals surface area contributed by atoms with Crippen LogP contribution < -0.4 is 0 Å². The molecule has 1 heterocycles. The minimum Gasteiger partial charge on any atom is -0.353 e. The average molecular weight is 545 g/mol.